The van der Waals surface area contributed by atoms with E-state index < -0.39 is 10.8 Å². The van der Waals surface area contributed by atoms with Crippen molar-refractivity contribution in [3.63, 3.8) is 0 Å². The van der Waals surface area contributed by atoms with Gasteiger partial charge in [-0.25, -0.2) is 5.01 Å². The molecule has 0 heterocycles. The van der Waals surface area contributed by atoms with E-state index >= 15 is 0 Å². The SMILES string of the molecule is Cc1ccc([N+](=O)[O-])c(C(=O)NN(C)C)c1. The van der Waals surface area contributed by atoms with Gasteiger partial charge in [-0.1, -0.05) is 6.07 Å². The Bertz CT molecular complexity index is 429. The number of carbonyl (C=O) groups is 1. The van der Waals surface area contributed by atoms with E-state index in [0.717, 1.165) is 5.56 Å². The van der Waals surface area contributed by atoms with E-state index in [1.807, 2.05) is 0 Å². The molecule has 1 aromatic rings. The van der Waals surface area contributed by atoms with Gasteiger partial charge in [0.2, 0.25) is 0 Å². The first-order chi connectivity index (χ1) is 7.41. The minimum Gasteiger partial charge on any atom is -0.285 e. The number of nitro benzene ring substituents is 1. The monoisotopic (exact) mass is 223 g/mol. The summed E-state index contributed by atoms with van der Waals surface area (Å²) < 4.78 is 0. The van der Waals surface area contributed by atoms with Crippen LogP contribution < -0.4 is 5.43 Å². The van der Waals surface area contributed by atoms with Crippen molar-refractivity contribution in [2.75, 3.05) is 14.1 Å². The minimum atomic E-state index is -0.565. The van der Waals surface area contributed by atoms with Crippen molar-refractivity contribution < 1.29 is 9.72 Å². The average Bonchev–Trinajstić information content (AvgIpc) is 2.15. The maximum Gasteiger partial charge on any atom is 0.282 e. The van der Waals surface area contributed by atoms with Crippen molar-refractivity contribution >= 4 is 11.6 Å². The second-order valence-corrected chi connectivity index (χ2v) is 3.61. The van der Waals surface area contributed by atoms with Crippen LogP contribution >= 0.6 is 0 Å². The molecule has 0 spiro atoms. The van der Waals surface area contributed by atoms with Gasteiger partial charge >= 0.3 is 0 Å². The molecule has 86 valence electrons. The number of rotatable bonds is 3. The number of amides is 1. The lowest BCUT2D eigenvalue weighted by Crippen LogP contribution is -2.36. The van der Waals surface area contributed by atoms with Crippen LogP contribution in [0.15, 0.2) is 18.2 Å². The highest BCUT2D eigenvalue weighted by atomic mass is 16.6. The van der Waals surface area contributed by atoms with Gasteiger partial charge in [-0.05, 0) is 18.6 Å². The van der Waals surface area contributed by atoms with Gasteiger partial charge in [0.25, 0.3) is 11.6 Å². The van der Waals surface area contributed by atoms with Crippen LogP contribution in [0.5, 0.6) is 0 Å². The largest absolute Gasteiger partial charge is 0.285 e. The molecule has 0 fully saturated rings. The summed E-state index contributed by atoms with van der Waals surface area (Å²) in [6.07, 6.45) is 0. The van der Waals surface area contributed by atoms with Crippen molar-refractivity contribution in [1.82, 2.24) is 10.4 Å². The molecule has 6 nitrogen and oxygen atoms in total. The van der Waals surface area contributed by atoms with E-state index in [1.54, 1.807) is 27.1 Å². The zero-order chi connectivity index (χ0) is 12.3. The van der Waals surface area contributed by atoms with Gasteiger partial charge in [0.15, 0.2) is 0 Å². The van der Waals surface area contributed by atoms with Crippen molar-refractivity contribution in [3.05, 3.63) is 39.4 Å². The Morgan fingerprint density at radius 2 is 2.06 bits per heavy atom. The Hall–Kier alpha value is -1.95. The Kier molecular flexibility index (Phi) is 3.57. The number of aryl methyl sites for hydroxylation is 1. The molecule has 1 N–H and O–H groups in total. The summed E-state index contributed by atoms with van der Waals surface area (Å²) in [5, 5.41) is 12.2. The molecule has 0 unspecified atom stereocenters. The normalized spacial score (nSPS) is 10.2. The van der Waals surface area contributed by atoms with Crippen LogP contribution in [0.1, 0.15) is 15.9 Å². The van der Waals surface area contributed by atoms with Gasteiger partial charge in [0.1, 0.15) is 5.56 Å². The van der Waals surface area contributed by atoms with Crippen LogP contribution in [0.25, 0.3) is 0 Å². The van der Waals surface area contributed by atoms with E-state index in [9.17, 15) is 14.9 Å². The maximum atomic E-state index is 11.7. The molecule has 0 bridgehead atoms. The third kappa shape index (κ3) is 2.77. The predicted octanol–water partition coefficient (Wildman–Crippen LogP) is 1.11. The van der Waals surface area contributed by atoms with Crippen molar-refractivity contribution in [2.24, 2.45) is 0 Å². The smallest absolute Gasteiger partial charge is 0.282 e. The first-order valence-electron chi connectivity index (χ1n) is 4.65. The lowest BCUT2D eigenvalue weighted by atomic mass is 10.1. The fraction of sp³-hybridized carbons (Fsp3) is 0.300. The predicted molar refractivity (Wildman–Crippen MR) is 59.0 cm³/mol. The number of nitro groups is 1. The van der Waals surface area contributed by atoms with Crippen molar-refractivity contribution in [2.45, 2.75) is 6.92 Å². The molecular weight excluding hydrogens is 210 g/mol. The van der Waals surface area contributed by atoms with Gasteiger partial charge < -0.3 is 0 Å². The molecule has 0 radical (unpaired) electrons. The van der Waals surface area contributed by atoms with Crippen molar-refractivity contribution in [3.8, 4) is 0 Å². The number of nitrogens with zero attached hydrogens (tertiary/aromatic N) is 2. The van der Waals surface area contributed by atoms with Crippen LogP contribution in [0, 0.1) is 17.0 Å². The second-order valence-electron chi connectivity index (χ2n) is 3.61. The van der Waals surface area contributed by atoms with E-state index in [4.69, 9.17) is 0 Å². The quantitative estimate of drug-likeness (QED) is 0.615. The molecular formula is C10H13N3O3. The molecule has 16 heavy (non-hydrogen) atoms. The Balaban J connectivity index is 3.14. The summed E-state index contributed by atoms with van der Waals surface area (Å²) >= 11 is 0. The molecule has 1 amide bonds. The van der Waals surface area contributed by atoms with E-state index in [0.29, 0.717) is 0 Å². The molecule has 1 rings (SSSR count). The number of hydrogen-bond acceptors (Lipinski definition) is 4. The third-order valence-electron chi connectivity index (χ3n) is 1.92. The molecule has 1 aromatic carbocycles. The van der Waals surface area contributed by atoms with Gasteiger partial charge in [-0.15, -0.1) is 0 Å². The standard InChI is InChI=1S/C10H13N3O3/c1-7-4-5-9(13(15)16)8(6-7)10(14)11-12(2)3/h4-6H,1-3H3,(H,11,14). The molecule has 0 aliphatic carbocycles. The third-order valence-corrected chi connectivity index (χ3v) is 1.92. The number of benzene rings is 1. The Morgan fingerprint density at radius 3 is 2.56 bits per heavy atom. The van der Waals surface area contributed by atoms with E-state index in [2.05, 4.69) is 5.43 Å². The molecule has 6 heteroatoms. The first kappa shape index (κ1) is 12.1. The Labute approximate surface area is 93.0 Å². The zero-order valence-electron chi connectivity index (χ0n) is 9.35. The topological polar surface area (TPSA) is 75.5 Å². The molecule has 0 aliphatic rings. The van der Waals surface area contributed by atoms with Gasteiger partial charge in [0, 0.05) is 20.2 Å². The molecule has 0 saturated carbocycles. The van der Waals surface area contributed by atoms with Gasteiger partial charge in [0.05, 0.1) is 4.92 Å². The molecule has 0 aromatic heterocycles. The van der Waals surface area contributed by atoms with Crippen molar-refractivity contribution in [1.29, 1.82) is 0 Å². The fourth-order valence-corrected chi connectivity index (χ4v) is 1.25. The lowest BCUT2D eigenvalue weighted by molar-refractivity contribution is -0.385. The zero-order valence-corrected chi connectivity index (χ0v) is 9.35. The summed E-state index contributed by atoms with van der Waals surface area (Å²) in [6, 6.07) is 4.43. The van der Waals surface area contributed by atoms with Crippen LogP contribution in [0.3, 0.4) is 0 Å². The van der Waals surface area contributed by atoms with Crippen LogP contribution in [0.2, 0.25) is 0 Å². The maximum absolute atomic E-state index is 11.7. The molecule has 0 saturated heterocycles. The number of hydrazine groups is 1. The second kappa shape index (κ2) is 4.71. The fourth-order valence-electron chi connectivity index (χ4n) is 1.25. The summed E-state index contributed by atoms with van der Waals surface area (Å²) in [4.78, 5) is 21.8. The number of nitrogens with one attached hydrogen (secondary N) is 1. The van der Waals surface area contributed by atoms with Gasteiger partial charge in [-0.3, -0.25) is 20.3 Å². The summed E-state index contributed by atoms with van der Waals surface area (Å²) in [5.41, 5.74) is 3.15. The number of hydrogen-bond donors (Lipinski definition) is 1. The summed E-state index contributed by atoms with van der Waals surface area (Å²) in [6.45, 7) is 1.77. The number of carbonyl (C=O) groups excluding carboxylic acids is 1. The highest BCUT2D eigenvalue weighted by molar-refractivity contribution is 5.98. The molecule has 0 atom stereocenters. The highest BCUT2D eigenvalue weighted by Gasteiger charge is 2.20. The van der Waals surface area contributed by atoms with Gasteiger partial charge in [-0.2, -0.15) is 0 Å². The highest BCUT2D eigenvalue weighted by Crippen LogP contribution is 2.19. The van der Waals surface area contributed by atoms with Crippen LogP contribution in [0.4, 0.5) is 5.69 Å². The summed E-state index contributed by atoms with van der Waals surface area (Å²) in [7, 11) is 3.28. The summed E-state index contributed by atoms with van der Waals surface area (Å²) in [5.74, 6) is -0.486. The Morgan fingerprint density at radius 1 is 1.44 bits per heavy atom. The lowest BCUT2D eigenvalue weighted by Gasteiger charge is -2.12. The van der Waals surface area contributed by atoms with E-state index in [1.165, 1.54) is 17.1 Å². The van der Waals surface area contributed by atoms with Crippen LogP contribution in [-0.2, 0) is 0 Å². The van der Waals surface area contributed by atoms with Crippen LogP contribution in [-0.4, -0.2) is 29.9 Å². The first-order valence-corrected chi connectivity index (χ1v) is 4.65. The van der Waals surface area contributed by atoms with E-state index in [-0.39, 0.29) is 11.3 Å². The minimum absolute atomic E-state index is 0.0682. The molecule has 0 aliphatic heterocycles. The average molecular weight is 223 g/mol.